The van der Waals surface area contributed by atoms with Crippen LogP contribution in [0.4, 0.5) is 0 Å². The van der Waals surface area contributed by atoms with Crippen LogP contribution in [-0.2, 0) is 25.4 Å². The second kappa shape index (κ2) is 12.2. The van der Waals surface area contributed by atoms with Crippen molar-refractivity contribution in [2.75, 3.05) is 19.4 Å². The number of hydrogen-bond acceptors (Lipinski definition) is 7. The van der Waals surface area contributed by atoms with Gasteiger partial charge in [-0.3, -0.25) is 9.79 Å². The first-order valence-corrected chi connectivity index (χ1v) is 16.6. The van der Waals surface area contributed by atoms with Gasteiger partial charge in [0.15, 0.2) is 8.32 Å². The Hall–Kier alpha value is -1.68. The SMILES string of the molecule is C[C@H](N)C1=N[C@](C)(C(=O)N(C)[C@H](C(=O)OCc2ccccc2)[C@@H](C)CCO[Si](C)(C)C(C)(C)C)CS1. The number of hydrogen-bond donors (Lipinski definition) is 1. The van der Waals surface area contributed by atoms with Crippen molar-refractivity contribution in [3.8, 4) is 0 Å². The fraction of sp³-hybridized carbons (Fsp3) is 0.667. The number of carbonyl (C=O) groups excluding carboxylic acids is 2. The molecule has 1 aliphatic rings. The number of likely N-dealkylation sites (N-methyl/N-ethyl adjacent to an activating group) is 1. The number of aliphatic imine (C=N–C) groups is 1. The smallest absolute Gasteiger partial charge is 0.329 e. The zero-order chi connectivity index (χ0) is 27.3. The third-order valence-electron chi connectivity index (χ3n) is 7.29. The van der Waals surface area contributed by atoms with E-state index in [0.29, 0.717) is 18.8 Å². The van der Waals surface area contributed by atoms with E-state index in [1.54, 1.807) is 7.05 Å². The van der Waals surface area contributed by atoms with Gasteiger partial charge in [0.25, 0.3) is 5.91 Å². The van der Waals surface area contributed by atoms with Crippen LogP contribution in [0.15, 0.2) is 35.3 Å². The summed E-state index contributed by atoms with van der Waals surface area (Å²) < 4.78 is 12.1. The van der Waals surface area contributed by atoms with Gasteiger partial charge in [0.05, 0.1) is 5.04 Å². The molecule has 0 aliphatic carbocycles. The van der Waals surface area contributed by atoms with E-state index in [1.807, 2.05) is 51.1 Å². The largest absolute Gasteiger partial charge is 0.459 e. The monoisotopic (exact) mass is 535 g/mol. The van der Waals surface area contributed by atoms with E-state index in [1.165, 1.54) is 16.7 Å². The summed E-state index contributed by atoms with van der Waals surface area (Å²) in [6.45, 7) is 17.4. The number of nitrogens with zero attached hydrogens (tertiary/aromatic N) is 2. The lowest BCUT2D eigenvalue weighted by molar-refractivity contribution is -0.159. The Kier molecular flexibility index (Phi) is 10.4. The number of benzene rings is 1. The van der Waals surface area contributed by atoms with Crippen molar-refractivity contribution < 1.29 is 18.8 Å². The highest BCUT2D eigenvalue weighted by molar-refractivity contribution is 8.14. The lowest BCUT2D eigenvalue weighted by Gasteiger charge is -2.38. The summed E-state index contributed by atoms with van der Waals surface area (Å²) in [5, 5.41) is 0.861. The molecule has 2 rings (SSSR count). The standard InChI is InChI=1S/C27H45N3O4SSi/c1-19(15-16-34-36(8,9)26(3,4)5)22(24(31)33-17-21-13-11-10-12-14-21)30(7)25(32)27(6)18-35-23(29-27)20(2)28/h10-14,19-20,22H,15-18,28H2,1-9H3/t19-,20-,22-,27-/m0/s1. The number of ether oxygens (including phenoxy) is 1. The average Bonchev–Trinajstić information content (AvgIpc) is 3.20. The quantitative estimate of drug-likeness (QED) is 0.321. The van der Waals surface area contributed by atoms with E-state index in [-0.39, 0.29) is 29.5 Å². The van der Waals surface area contributed by atoms with Gasteiger partial charge in [-0.25, -0.2) is 4.79 Å². The number of nitrogens with two attached hydrogens (primary N) is 1. The summed E-state index contributed by atoms with van der Waals surface area (Å²) >= 11 is 1.50. The minimum atomic E-state index is -1.92. The van der Waals surface area contributed by atoms with Crippen LogP contribution < -0.4 is 5.73 Å². The lowest BCUT2D eigenvalue weighted by atomic mass is 9.95. The second-order valence-electron chi connectivity index (χ2n) is 11.6. The molecule has 0 saturated carbocycles. The number of amides is 1. The molecular formula is C27H45N3O4SSi. The first kappa shape index (κ1) is 30.5. The van der Waals surface area contributed by atoms with Crippen molar-refractivity contribution in [2.24, 2.45) is 16.6 Å². The van der Waals surface area contributed by atoms with Crippen LogP contribution in [0, 0.1) is 5.92 Å². The molecule has 9 heteroatoms. The zero-order valence-corrected chi connectivity index (χ0v) is 25.3. The van der Waals surface area contributed by atoms with Crippen molar-refractivity contribution in [3.63, 3.8) is 0 Å². The predicted octanol–water partition coefficient (Wildman–Crippen LogP) is 4.86. The minimum Gasteiger partial charge on any atom is -0.459 e. The van der Waals surface area contributed by atoms with Crippen LogP contribution in [0.3, 0.4) is 0 Å². The van der Waals surface area contributed by atoms with Crippen molar-refractivity contribution in [2.45, 2.75) is 90.3 Å². The van der Waals surface area contributed by atoms with E-state index in [4.69, 9.17) is 14.9 Å². The van der Waals surface area contributed by atoms with Gasteiger partial charge in [-0.2, -0.15) is 0 Å². The maximum Gasteiger partial charge on any atom is 0.329 e. The van der Waals surface area contributed by atoms with Crippen LogP contribution in [0.5, 0.6) is 0 Å². The van der Waals surface area contributed by atoms with Gasteiger partial charge in [0.1, 0.15) is 18.2 Å². The van der Waals surface area contributed by atoms with Crippen LogP contribution >= 0.6 is 11.8 Å². The van der Waals surface area contributed by atoms with Gasteiger partial charge in [-0.15, -0.1) is 11.8 Å². The number of esters is 1. The number of rotatable bonds is 11. The number of thioether (sulfide) groups is 1. The summed E-state index contributed by atoms with van der Waals surface area (Å²) in [6.07, 6.45) is 0.634. The van der Waals surface area contributed by atoms with E-state index in [2.05, 4.69) is 38.9 Å². The molecule has 0 spiro atoms. The molecule has 0 saturated heterocycles. The Labute approximate surface area is 222 Å². The summed E-state index contributed by atoms with van der Waals surface area (Å²) in [5.41, 5.74) is 5.95. The van der Waals surface area contributed by atoms with E-state index in [0.717, 1.165) is 10.6 Å². The van der Waals surface area contributed by atoms with Crippen molar-refractivity contribution >= 4 is 37.0 Å². The molecule has 36 heavy (non-hydrogen) atoms. The van der Waals surface area contributed by atoms with Crippen LogP contribution in [-0.4, -0.2) is 67.2 Å². The topological polar surface area (TPSA) is 94.2 Å². The van der Waals surface area contributed by atoms with Crippen LogP contribution in [0.1, 0.15) is 53.5 Å². The van der Waals surface area contributed by atoms with Crippen molar-refractivity contribution in [1.82, 2.24) is 4.90 Å². The maximum atomic E-state index is 13.7. The van der Waals surface area contributed by atoms with E-state index in [9.17, 15) is 9.59 Å². The summed E-state index contributed by atoms with van der Waals surface area (Å²) in [7, 11) is -0.245. The van der Waals surface area contributed by atoms with Gasteiger partial charge in [-0.1, -0.05) is 58.0 Å². The van der Waals surface area contributed by atoms with Gasteiger partial charge < -0.3 is 19.8 Å². The molecule has 1 amide bonds. The molecule has 0 bridgehead atoms. The summed E-state index contributed by atoms with van der Waals surface area (Å²) in [6, 6.07) is 8.58. The lowest BCUT2D eigenvalue weighted by Crippen LogP contribution is -2.54. The fourth-order valence-electron chi connectivity index (χ4n) is 3.83. The molecule has 0 fully saturated rings. The third kappa shape index (κ3) is 7.66. The van der Waals surface area contributed by atoms with Gasteiger partial charge in [-0.05, 0) is 49.9 Å². The Morgan fingerprint density at radius 2 is 1.83 bits per heavy atom. The Bertz CT molecular complexity index is 933. The van der Waals surface area contributed by atoms with Crippen LogP contribution in [0.25, 0.3) is 0 Å². The highest BCUT2D eigenvalue weighted by Gasteiger charge is 2.45. The van der Waals surface area contributed by atoms with Crippen molar-refractivity contribution in [1.29, 1.82) is 0 Å². The first-order chi connectivity index (χ1) is 16.6. The van der Waals surface area contributed by atoms with Gasteiger partial charge >= 0.3 is 5.97 Å². The predicted molar refractivity (Wildman–Crippen MR) is 152 cm³/mol. The molecule has 1 aromatic carbocycles. The molecule has 2 N–H and O–H groups in total. The third-order valence-corrected chi connectivity index (χ3v) is 13.3. The normalized spacial score (nSPS) is 20.9. The molecule has 202 valence electrons. The first-order valence-electron chi connectivity index (χ1n) is 12.7. The van der Waals surface area contributed by atoms with Crippen molar-refractivity contribution in [3.05, 3.63) is 35.9 Å². The second-order valence-corrected chi connectivity index (χ2v) is 17.4. The van der Waals surface area contributed by atoms with E-state index >= 15 is 0 Å². The molecule has 0 radical (unpaired) electrons. The average molecular weight is 536 g/mol. The molecular weight excluding hydrogens is 490 g/mol. The molecule has 1 heterocycles. The van der Waals surface area contributed by atoms with Gasteiger partial charge in [0.2, 0.25) is 0 Å². The zero-order valence-electron chi connectivity index (χ0n) is 23.5. The Morgan fingerprint density at radius 1 is 1.22 bits per heavy atom. The van der Waals surface area contributed by atoms with Crippen LogP contribution in [0.2, 0.25) is 18.1 Å². The van der Waals surface area contributed by atoms with E-state index < -0.39 is 25.9 Å². The summed E-state index contributed by atoms with van der Waals surface area (Å²) in [5.74, 6) is -0.284. The minimum absolute atomic E-state index is 0.0988. The molecule has 0 aromatic heterocycles. The number of carbonyl (C=O) groups is 2. The highest BCUT2D eigenvalue weighted by Crippen LogP contribution is 2.37. The molecule has 7 nitrogen and oxygen atoms in total. The Balaban J connectivity index is 2.20. The molecule has 1 aliphatic heterocycles. The van der Waals surface area contributed by atoms with Gasteiger partial charge in [0, 0.05) is 25.4 Å². The Morgan fingerprint density at radius 3 is 2.36 bits per heavy atom. The fourth-order valence-corrected chi connectivity index (χ4v) is 6.04. The molecule has 0 unspecified atom stereocenters. The molecule has 4 atom stereocenters. The molecule has 1 aromatic rings. The maximum absolute atomic E-state index is 13.7. The highest BCUT2D eigenvalue weighted by atomic mass is 32.2. The summed E-state index contributed by atoms with van der Waals surface area (Å²) in [4.78, 5) is 33.2.